The maximum atomic E-state index is 3.54. The summed E-state index contributed by atoms with van der Waals surface area (Å²) in [6.45, 7) is 8.43. The fourth-order valence-electron chi connectivity index (χ4n) is 1.24. The van der Waals surface area contributed by atoms with Crippen LogP contribution >= 0.6 is 11.8 Å². The Kier molecular flexibility index (Phi) is 8.14. The first kappa shape index (κ1) is 12.3. The molecule has 1 atom stereocenters. The smallest absolute Gasteiger partial charge is 0.0534 e. The fourth-order valence-corrected chi connectivity index (χ4v) is 2.60. The quantitative estimate of drug-likeness (QED) is 0.715. The van der Waals surface area contributed by atoms with Gasteiger partial charge >= 0.3 is 0 Å². The molecule has 0 saturated carbocycles. The molecule has 2 heteroatoms. The second kappa shape index (κ2) is 7.93. The lowest BCUT2D eigenvalue weighted by atomic mass is 10.2. The van der Waals surface area contributed by atoms with Crippen LogP contribution in [-0.4, -0.2) is 17.2 Å². The van der Waals surface area contributed by atoms with E-state index in [-0.39, 0.29) is 0 Å². The van der Waals surface area contributed by atoms with E-state index in [1.807, 2.05) is 13.8 Å². The largest absolute Gasteiger partial charge is 0.303 e. The Morgan fingerprint density at radius 2 is 1.92 bits per heavy atom. The van der Waals surface area contributed by atoms with Gasteiger partial charge in [0.15, 0.2) is 0 Å². The average molecular weight is 189 g/mol. The summed E-state index contributed by atoms with van der Waals surface area (Å²) in [4.78, 5) is 0. The lowest BCUT2D eigenvalue weighted by Gasteiger charge is -2.24. The maximum absolute atomic E-state index is 3.54. The molecule has 0 radical (unpaired) electrons. The van der Waals surface area contributed by atoms with Gasteiger partial charge in [0.1, 0.15) is 0 Å². The third kappa shape index (κ3) is 5.90. The monoisotopic (exact) mass is 189 g/mol. The van der Waals surface area contributed by atoms with Crippen LogP contribution in [0.4, 0.5) is 0 Å². The van der Waals surface area contributed by atoms with Crippen LogP contribution in [-0.2, 0) is 0 Å². The summed E-state index contributed by atoms with van der Waals surface area (Å²) >= 11 is 2.08. The molecule has 0 aliphatic carbocycles. The first-order valence-electron chi connectivity index (χ1n) is 5.16. The summed E-state index contributed by atoms with van der Waals surface area (Å²) < 4.78 is 0. The van der Waals surface area contributed by atoms with Crippen LogP contribution in [0.1, 0.15) is 47.0 Å². The minimum absolute atomic E-state index is 0.649. The molecule has 0 aromatic heterocycles. The molecule has 1 heterocycles. The lowest BCUT2D eigenvalue weighted by Crippen LogP contribution is -2.33. The van der Waals surface area contributed by atoms with Crippen LogP contribution in [0, 0.1) is 0 Å². The SMILES string of the molecule is CC.CC(C)NC1CCCCS1. The van der Waals surface area contributed by atoms with Gasteiger partial charge in [-0.15, -0.1) is 11.8 Å². The van der Waals surface area contributed by atoms with E-state index in [0.717, 1.165) is 5.37 Å². The minimum Gasteiger partial charge on any atom is -0.303 e. The highest BCUT2D eigenvalue weighted by Crippen LogP contribution is 2.22. The van der Waals surface area contributed by atoms with Crippen molar-refractivity contribution in [3.05, 3.63) is 0 Å². The normalized spacial score (nSPS) is 23.2. The van der Waals surface area contributed by atoms with Crippen molar-refractivity contribution in [1.29, 1.82) is 0 Å². The Morgan fingerprint density at radius 1 is 1.25 bits per heavy atom. The second-order valence-electron chi connectivity index (χ2n) is 3.18. The van der Waals surface area contributed by atoms with Crippen molar-refractivity contribution in [2.75, 3.05) is 5.75 Å². The third-order valence-corrected chi connectivity index (χ3v) is 3.00. The lowest BCUT2D eigenvalue weighted by molar-refractivity contribution is 0.515. The molecule has 74 valence electrons. The topological polar surface area (TPSA) is 12.0 Å². The van der Waals surface area contributed by atoms with Gasteiger partial charge in [0.25, 0.3) is 0 Å². The predicted molar refractivity (Wildman–Crippen MR) is 59.7 cm³/mol. The van der Waals surface area contributed by atoms with Gasteiger partial charge in [-0.2, -0.15) is 0 Å². The van der Waals surface area contributed by atoms with Gasteiger partial charge in [-0.05, 0) is 32.4 Å². The molecule has 1 rings (SSSR count). The van der Waals surface area contributed by atoms with E-state index in [9.17, 15) is 0 Å². The van der Waals surface area contributed by atoms with Crippen LogP contribution in [0.2, 0.25) is 0 Å². The summed E-state index contributed by atoms with van der Waals surface area (Å²) in [5.74, 6) is 1.35. The first-order valence-corrected chi connectivity index (χ1v) is 6.21. The molecular weight excluding hydrogens is 166 g/mol. The minimum atomic E-state index is 0.649. The fraction of sp³-hybridized carbons (Fsp3) is 1.00. The Morgan fingerprint density at radius 3 is 2.33 bits per heavy atom. The Labute approximate surface area is 81.7 Å². The molecule has 0 aromatic carbocycles. The van der Waals surface area contributed by atoms with Gasteiger partial charge in [0.2, 0.25) is 0 Å². The van der Waals surface area contributed by atoms with E-state index in [0.29, 0.717) is 6.04 Å². The van der Waals surface area contributed by atoms with Crippen LogP contribution in [0.25, 0.3) is 0 Å². The van der Waals surface area contributed by atoms with Gasteiger partial charge in [-0.3, -0.25) is 0 Å². The van der Waals surface area contributed by atoms with E-state index < -0.39 is 0 Å². The molecule has 1 saturated heterocycles. The number of thioether (sulfide) groups is 1. The summed E-state index contributed by atoms with van der Waals surface area (Å²) in [6.07, 6.45) is 4.20. The average Bonchev–Trinajstić information content (AvgIpc) is 2.08. The molecule has 1 fully saturated rings. The van der Waals surface area contributed by atoms with Gasteiger partial charge in [-0.1, -0.05) is 20.3 Å². The molecule has 1 N–H and O–H groups in total. The molecule has 1 unspecified atom stereocenters. The van der Waals surface area contributed by atoms with Crippen LogP contribution in [0.5, 0.6) is 0 Å². The molecule has 0 bridgehead atoms. The summed E-state index contributed by atoms with van der Waals surface area (Å²) in [5, 5.41) is 4.29. The number of rotatable bonds is 2. The molecule has 0 spiro atoms. The number of nitrogens with one attached hydrogen (secondary N) is 1. The zero-order chi connectivity index (χ0) is 9.40. The van der Waals surface area contributed by atoms with Crippen molar-refractivity contribution >= 4 is 11.8 Å². The van der Waals surface area contributed by atoms with Crippen molar-refractivity contribution in [1.82, 2.24) is 5.32 Å². The Balaban J connectivity index is 0.000000561. The zero-order valence-corrected chi connectivity index (χ0v) is 9.71. The Bertz CT molecular complexity index is 87.8. The molecule has 12 heavy (non-hydrogen) atoms. The van der Waals surface area contributed by atoms with Crippen LogP contribution in [0.15, 0.2) is 0 Å². The van der Waals surface area contributed by atoms with Gasteiger partial charge < -0.3 is 5.32 Å². The van der Waals surface area contributed by atoms with Crippen molar-refractivity contribution in [2.45, 2.75) is 58.4 Å². The number of hydrogen-bond acceptors (Lipinski definition) is 2. The molecule has 1 aliphatic rings. The third-order valence-electron chi connectivity index (χ3n) is 1.70. The van der Waals surface area contributed by atoms with Crippen LogP contribution < -0.4 is 5.32 Å². The van der Waals surface area contributed by atoms with Gasteiger partial charge in [0.05, 0.1) is 5.37 Å². The molecule has 1 aliphatic heterocycles. The van der Waals surface area contributed by atoms with Gasteiger partial charge in [-0.25, -0.2) is 0 Å². The predicted octanol–water partition coefficient (Wildman–Crippen LogP) is 3.25. The highest BCUT2D eigenvalue weighted by Gasteiger charge is 2.13. The highest BCUT2D eigenvalue weighted by molar-refractivity contribution is 7.99. The van der Waals surface area contributed by atoms with Crippen molar-refractivity contribution in [3.63, 3.8) is 0 Å². The Hall–Kier alpha value is 0.310. The van der Waals surface area contributed by atoms with Crippen molar-refractivity contribution < 1.29 is 0 Å². The van der Waals surface area contributed by atoms with Crippen molar-refractivity contribution in [2.24, 2.45) is 0 Å². The summed E-state index contributed by atoms with van der Waals surface area (Å²) in [7, 11) is 0. The summed E-state index contributed by atoms with van der Waals surface area (Å²) in [5.41, 5.74) is 0. The van der Waals surface area contributed by atoms with E-state index in [1.165, 1.54) is 25.0 Å². The summed E-state index contributed by atoms with van der Waals surface area (Å²) in [6, 6.07) is 0.649. The second-order valence-corrected chi connectivity index (χ2v) is 4.49. The maximum Gasteiger partial charge on any atom is 0.0534 e. The van der Waals surface area contributed by atoms with Crippen LogP contribution in [0.3, 0.4) is 0 Å². The van der Waals surface area contributed by atoms with E-state index in [1.54, 1.807) is 0 Å². The molecule has 1 nitrogen and oxygen atoms in total. The van der Waals surface area contributed by atoms with Gasteiger partial charge in [0, 0.05) is 6.04 Å². The highest BCUT2D eigenvalue weighted by atomic mass is 32.2. The van der Waals surface area contributed by atoms with Crippen molar-refractivity contribution in [3.8, 4) is 0 Å². The molecule has 0 amide bonds. The van der Waals surface area contributed by atoms with E-state index >= 15 is 0 Å². The molecular formula is C10H23NS. The van der Waals surface area contributed by atoms with E-state index in [4.69, 9.17) is 0 Å². The molecule has 0 aromatic rings. The zero-order valence-electron chi connectivity index (χ0n) is 8.89. The van der Waals surface area contributed by atoms with E-state index in [2.05, 4.69) is 30.9 Å². The first-order chi connectivity index (χ1) is 5.79. The standard InChI is InChI=1S/C8H17NS.C2H6/c1-7(2)9-8-5-3-4-6-10-8;1-2/h7-9H,3-6H2,1-2H3;1-2H3. The number of hydrogen-bond donors (Lipinski definition) is 1.